The van der Waals surface area contributed by atoms with Crippen molar-refractivity contribution in [2.75, 3.05) is 14.2 Å². The Bertz CT molecular complexity index is 536. The maximum Gasteiger partial charge on any atom is 0.145 e. The third-order valence-corrected chi connectivity index (χ3v) is 3.28. The molecule has 1 N–H and O–H groups in total. The Kier molecular flexibility index (Phi) is 2.70. The fourth-order valence-electron chi connectivity index (χ4n) is 2.15. The zero-order valence-electron chi connectivity index (χ0n) is 10.6. The predicted octanol–water partition coefficient (Wildman–Crippen LogP) is 2.97. The molecule has 0 spiro atoms. The average molecular weight is 244 g/mol. The summed E-state index contributed by atoms with van der Waals surface area (Å²) in [5.74, 6) is 3.01. The molecule has 0 aliphatic heterocycles. The Morgan fingerprint density at radius 1 is 1.17 bits per heavy atom. The minimum Gasteiger partial charge on any atom is -0.496 e. The van der Waals surface area contributed by atoms with Crippen LogP contribution in [0.25, 0.3) is 11.4 Å². The fourth-order valence-corrected chi connectivity index (χ4v) is 2.15. The van der Waals surface area contributed by atoms with E-state index in [4.69, 9.17) is 9.47 Å². The molecule has 0 unspecified atom stereocenters. The van der Waals surface area contributed by atoms with Crippen LogP contribution < -0.4 is 9.47 Å². The number of ether oxygens (including phenoxy) is 2. The second-order valence-electron chi connectivity index (χ2n) is 4.50. The highest BCUT2D eigenvalue weighted by Gasteiger charge is 2.26. The van der Waals surface area contributed by atoms with Gasteiger partial charge in [0.1, 0.15) is 22.9 Å². The summed E-state index contributed by atoms with van der Waals surface area (Å²) in [6, 6.07) is 5.74. The smallest absolute Gasteiger partial charge is 0.145 e. The van der Waals surface area contributed by atoms with Gasteiger partial charge in [-0.25, -0.2) is 4.98 Å². The number of hydrogen-bond donors (Lipinski definition) is 1. The zero-order valence-corrected chi connectivity index (χ0v) is 10.6. The molecule has 0 bridgehead atoms. The second kappa shape index (κ2) is 4.37. The lowest BCUT2D eigenvalue weighted by Crippen LogP contribution is -1.94. The standard InChI is InChI=1S/C14H16N2O2/c1-17-11-4-3-5-12(18-2)13(11)14-15-8-10(16-14)9-6-7-9/h3-5,8-9H,6-7H2,1-2H3,(H,15,16). The minimum atomic E-state index is 0.659. The number of aromatic nitrogens is 2. The van der Waals surface area contributed by atoms with Gasteiger partial charge in [0.2, 0.25) is 0 Å². The van der Waals surface area contributed by atoms with Gasteiger partial charge in [0.25, 0.3) is 0 Å². The number of H-pyrrole nitrogens is 1. The van der Waals surface area contributed by atoms with Crippen LogP contribution in [0, 0.1) is 0 Å². The highest BCUT2D eigenvalue weighted by Crippen LogP contribution is 2.41. The molecule has 94 valence electrons. The first kappa shape index (κ1) is 11.1. The Hall–Kier alpha value is -1.97. The summed E-state index contributed by atoms with van der Waals surface area (Å²) in [5.41, 5.74) is 2.09. The van der Waals surface area contributed by atoms with E-state index < -0.39 is 0 Å². The molecule has 1 heterocycles. The number of hydrogen-bond acceptors (Lipinski definition) is 3. The maximum atomic E-state index is 5.39. The monoisotopic (exact) mass is 244 g/mol. The van der Waals surface area contributed by atoms with Crippen LogP contribution in [0.2, 0.25) is 0 Å². The Morgan fingerprint density at radius 3 is 2.39 bits per heavy atom. The molecule has 0 atom stereocenters. The van der Waals surface area contributed by atoms with Crippen molar-refractivity contribution in [2.24, 2.45) is 0 Å². The lowest BCUT2D eigenvalue weighted by atomic mass is 10.1. The lowest BCUT2D eigenvalue weighted by molar-refractivity contribution is 0.397. The van der Waals surface area contributed by atoms with Gasteiger partial charge in [0.15, 0.2) is 0 Å². The quantitative estimate of drug-likeness (QED) is 0.899. The van der Waals surface area contributed by atoms with Gasteiger partial charge < -0.3 is 14.5 Å². The molecule has 2 aromatic rings. The largest absolute Gasteiger partial charge is 0.496 e. The zero-order chi connectivity index (χ0) is 12.5. The molecule has 4 heteroatoms. The number of imidazole rings is 1. The molecular weight excluding hydrogens is 228 g/mol. The minimum absolute atomic E-state index is 0.659. The first-order valence-electron chi connectivity index (χ1n) is 6.09. The van der Waals surface area contributed by atoms with Gasteiger partial charge in [-0.05, 0) is 25.0 Å². The number of aromatic amines is 1. The number of methoxy groups -OCH3 is 2. The normalized spacial score (nSPS) is 14.6. The van der Waals surface area contributed by atoms with Crippen LogP contribution in [0.4, 0.5) is 0 Å². The van der Waals surface area contributed by atoms with Gasteiger partial charge in [-0.3, -0.25) is 0 Å². The van der Waals surface area contributed by atoms with E-state index in [2.05, 4.69) is 9.97 Å². The Labute approximate surface area is 106 Å². The van der Waals surface area contributed by atoms with Gasteiger partial charge in [0, 0.05) is 17.8 Å². The van der Waals surface area contributed by atoms with Crippen LogP contribution >= 0.6 is 0 Å². The first-order chi connectivity index (χ1) is 8.83. The SMILES string of the molecule is COc1cccc(OC)c1-c1ncc(C2CC2)[nH]1. The highest BCUT2D eigenvalue weighted by molar-refractivity contribution is 5.72. The van der Waals surface area contributed by atoms with Crippen molar-refractivity contribution in [3.05, 3.63) is 30.1 Å². The molecule has 1 saturated carbocycles. The van der Waals surface area contributed by atoms with Crippen LogP contribution in [-0.4, -0.2) is 24.2 Å². The van der Waals surface area contributed by atoms with E-state index in [-0.39, 0.29) is 0 Å². The summed E-state index contributed by atoms with van der Waals surface area (Å²) in [4.78, 5) is 7.82. The van der Waals surface area contributed by atoms with Gasteiger partial charge in [-0.15, -0.1) is 0 Å². The molecule has 18 heavy (non-hydrogen) atoms. The van der Waals surface area contributed by atoms with Gasteiger partial charge >= 0.3 is 0 Å². The molecule has 0 radical (unpaired) electrons. The molecule has 1 aromatic heterocycles. The number of benzene rings is 1. The Balaban J connectivity index is 2.07. The van der Waals surface area contributed by atoms with Crippen LogP contribution in [0.5, 0.6) is 11.5 Å². The summed E-state index contributed by atoms with van der Waals surface area (Å²) in [6.45, 7) is 0. The van der Waals surface area contributed by atoms with Crippen molar-refractivity contribution in [1.29, 1.82) is 0 Å². The van der Waals surface area contributed by atoms with Crippen LogP contribution in [0.1, 0.15) is 24.5 Å². The van der Waals surface area contributed by atoms with Crippen molar-refractivity contribution in [3.63, 3.8) is 0 Å². The third kappa shape index (κ3) is 1.83. The topological polar surface area (TPSA) is 47.1 Å². The summed E-state index contributed by atoms with van der Waals surface area (Å²) in [6.07, 6.45) is 4.42. The molecule has 4 nitrogen and oxygen atoms in total. The van der Waals surface area contributed by atoms with Crippen molar-refractivity contribution in [1.82, 2.24) is 9.97 Å². The lowest BCUT2D eigenvalue weighted by Gasteiger charge is -2.10. The van der Waals surface area contributed by atoms with Crippen molar-refractivity contribution in [3.8, 4) is 22.9 Å². The third-order valence-electron chi connectivity index (χ3n) is 3.28. The van der Waals surface area contributed by atoms with Gasteiger partial charge in [0.05, 0.1) is 14.2 Å². The van der Waals surface area contributed by atoms with E-state index in [9.17, 15) is 0 Å². The van der Waals surface area contributed by atoms with E-state index in [0.717, 1.165) is 22.9 Å². The highest BCUT2D eigenvalue weighted by atomic mass is 16.5. The van der Waals surface area contributed by atoms with E-state index in [1.807, 2.05) is 24.4 Å². The van der Waals surface area contributed by atoms with E-state index in [1.54, 1.807) is 14.2 Å². The molecule has 1 aromatic carbocycles. The van der Waals surface area contributed by atoms with Gasteiger partial charge in [-0.2, -0.15) is 0 Å². The van der Waals surface area contributed by atoms with E-state index in [0.29, 0.717) is 5.92 Å². The molecular formula is C14H16N2O2. The van der Waals surface area contributed by atoms with E-state index in [1.165, 1.54) is 18.5 Å². The summed E-state index contributed by atoms with van der Waals surface area (Å²) in [7, 11) is 3.31. The molecule has 3 rings (SSSR count). The van der Waals surface area contributed by atoms with E-state index >= 15 is 0 Å². The molecule has 1 aliphatic carbocycles. The molecule has 0 saturated heterocycles. The summed E-state index contributed by atoms with van der Waals surface area (Å²) >= 11 is 0. The number of nitrogens with one attached hydrogen (secondary N) is 1. The van der Waals surface area contributed by atoms with Crippen LogP contribution in [0.3, 0.4) is 0 Å². The van der Waals surface area contributed by atoms with Crippen LogP contribution in [0.15, 0.2) is 24.4 Å². The molecule has 0 amide bonds. The first-order valence-corrected chi connectivity index (χ1v) is 6.09. The Morgan fingerprint density at radius 2 is 1.83 bits per heavy atom. The van der Waals surface area contributed by atoms with Crippen LogP contribution in [-0.2, 0) is 0 Å². The molecule has 1 fully saturated rings. The average Bonchev–Trinajstić information content (AvgIpc) is 3.16. The predicted molar refractivity (Wildman–Crippen MR) is 69.1 cm³/mol. The summed E-state index contributed by atoms with van der Waals surface area (Å²) < 4.78 is 10.8. The fraction of sp³-hybridized carbons (Fsp3) is 0.357. The number of nitrogens with zero attached hydrogens (tertiary/aromatic N) is 1. The molecule has 1 aliphatic rings. The van der Waals surface area contributed by atoms with Crippen molar-refractivity contribution in [2.45, 2.75) is 18.8 Å². The maximum absolute atomic E-state index is 5.39. The summed E-state index contributed by atoms with van der Waals surface area (Å²) in [5, 5.41) is 0. The van der Waals surface area contributed by atoms with Crippen molar-refractivity contribution >= 4 is 0 Å². The second-order valence-corrected chi connectivity index (χ2v) is 4.50. The van der Waals surface area contributed by atoms with Crippen molar-refractivity contribution < 1.29 is 9.47 Å². The number of rotatable bonds is 4. The van der Waals surface area contributed by atoms with Gasteiger partial charge in [-0.1, -0.05) is 6.07 Å².